The fourth-order valence-electron chi connectivity index (χ4n) is 1.00. The summed E-state index contributed by atoms with van der Waals surface area (Å²) in [7, 11) is 0. The molecule has 2 N–H and O–H groups in total. The molecule has 0 amide bonds. The minimum atomic E-state index is -0.858. The van der Waals surface area contributed by atoms with Gasteiger partial charge < -0.3 is 10.2 Å². The molecule has 0 saturated heterocycles. The van der Waals surface area contributed by atoms with Crippen molar-refractivity contribution >= 4 is 5.97 Å². The number of carboxylic acid groups (broad SMARTS) is 1. The largest absolute Gasteiger partial charge is 0.481 e. The molecule has 3 nitrogen and oxygen atoms in total. The van der Waals surface area contributed by atoms with E-state index < -0.39 is 12.1 Å². The molecule has 0 aliphatic carbocycles. The molecule has 0 fully saturated rings. The molecule has 0 spiro atoms. The van der Waals surface area contributed by atoms with Gasteiger partial charge in [-0.05, 0) is 26.2 Å². The second-order valence-corrected chi connectivity index (χ2v) is 3.66. The van der Waals surface area contributed by atoms with Gasteiger partial charge in [-0.15, -0.1) is 0 Å². The first-order valence-electron chi connectivity index (χ1n) is 4.46. The summed E-state index contributed by atoms with van der Waals surface area (Å²) < 4.78 is 0. The van der Waals surface area contributed by atoms with Crippen LogP contribution in [0.5, 0.6) is 0 Å². The second-order valence-electron chi connectivity index (χ2n) is 3.66. The molecule has 3 heteroatoms. The normalized spacial score (nSPS) is 14.8. The van der Waals surface area contributed by atoms with Crippen LogP contribution in [0.3, 0.4) is 0 Å². The monoisotopic (exact) mass is 186 g/mol. The number of aliphatic hydroxyl groups is 1. The topological polar surface area (TPSA) is 57.5 Å². The molecule has 76 valence electrons. The van der Waals surface area contributed by atoms with Gasteiger partial charge in [-0.3, -0.25) is 4.79 Å². The molecule has 0 rings (SSSR count). The van der Waals surface area contributed by atoms with Crippen molar-refractivity contribution in [3.05, 3.63) is 11.6 Å². The second kappa shape index (κ2) is 5.75. The zero-order valence-electron chi connectivity index (χ0n) is 8.45. The molecule has 0 heterocycles. The van der Waals surface area contributed by atoms with E-state index in [1.165, 1.54) is 0 Å². The van der Waals surface area contributed by atoms with Crippen LogP contribution in [0.25, 0.3) is 0 Å². The fourth-order valence-corrected chi connectivity index (χ4v) is 1.00. The summed E-state index contributed by atoms with van der Waals surface area (Å²) in [4.78, 5) is 10.3. The Bertz CT molecular complexity index is 192. The van der Waals surface area contributed by atoms with E-state index in [0.717, 1.165) is 5.57 Å². The fraction of sp³-hybridized carbons (Fsp3) is 0.700. The van der Waals surface area contributed by atoms with Crippen LogP contribution in [0.15, 0.2) is 11.6 Å². The van der Waals surface area contributed by atoms with E-state index in [0.29, 0.717) is 6.42 Å². The Kier molecular flexibility index (Phi) is 5.39. The zero-order valence-corrected chi connectivity index (χ0v) is 8.45. The smallest absolute Gasteiger partial charge is 0.303 e. The van der Waals surface area contributed by atoms with E-state index in [1.54, 1.807) is 6.92 Å². The first-order valence-corrected chi connectivity index (χ1v) is 4.46. The maximum atomic E-state index is 10.3. The Balaban J connectivity index is 3.89. The lowest BCUT2D eigenvalue weighted by Gasteiger charge is -2.15. The van der Waals surface area contributed by atoms with Crippen molar-refractivity contribution in [3.63, 3.8) is 0 Å². The van der Waals surface area contributed by atoms with Crippen LogP contribution >= 0.6 is 0 Å². The summed E-state index contributed by atoms with van der Waals surface area (Å²) in [5, 5.41) is 18.0. The summed E-state index contributed by atoms with van der Waals surface area (Å²) in [6.07, 6.45) is 1.93. The lowest BCUT2D eigenvalue weighted by atomic mass is 9.98. The molecule has 0 aliphatic rings. The number of carboxylic acids is 1. The highest BCUT2D eigenvalue weighted by atomic mass is 16.4. The van der Waals surface area contributed by atoms with Crippen LogP contribution < -0.4 is 0 Å². The third-order valence-corrected chi connectivity index (χ3v) is 1.92. The average molecular weight is 186 g/mol. The van der Waals surface area contributed by atoms with E-state index in [2.05, 4.69) is 0 Å². The molecule has 0 aromatic heterocycles. The summed E-state index contributed by atoms with van der Waals surface area (Å²) in [6, 6.07) is 0. The van der Waals surface area contributed by atoms with Crippen LogP contribution in [-0.2, 0) is 4.79 Å². The van der Waals surface area contributed by atoms with Crippen molar-refractivity contribution in [3.8, 4) is 0 Å². The number of hydrogen-bond donors (Lipinski definition) is 2. The first kappa shape index (κ1) is 12.2. The van der Waals surface area contributed by atoms with Gasteiger partial charge in [0.1, 0.15) is 0 Å². The molecule has 13 heavy (non-hydrogen) atoms. The van der Waals surface area contributed by atoms with E-state index >= 15 is 0 Å². The maximum absolute atomic E-state index is 10.3. The number of aliphatic hydroxyl groups excluding tert-OH is 1. The van der Waals surface area contributed by atoms with Gasteiger partial charge in [0.2, 0.25) is 0 Å². The van der Waals surface area contributed by atoms with Gasteiger partial charge in [-0.25, -0.2) is 0 Å². The van der Waals surface area contributed by atoms with Crippen LogP contribution in [0, 0.1) is 5.92 Å². The quantitative estimate of drug-likeness (QED) is 0.644. The number of hydrogen-bond acceptors (Lipinski definition) is 2. The van der Waals surface area contributed by atoms with Crippen molar-refractivity contribution in [2.45, 2.75) is 39.7 Å². The molecule has 0 unspecified atom stereocenters. The van der Waals surface area contributed by atoms with Crippen molar-refractivity contribution in [1.82, 2.24) is 0 Å². The SMILES string of the molecule is CC(C)=CC[C@@H](O)[C@@H](C)CC(=O)O. The first-order chi connectivity index (χ1) is 5.93. The van der Waals surface area contributed by atoms with E-state index in [-0.39, 0.29) is 12.3 Å². The molecule has 0 aromatic rings. The van der Waals surface area contributed by atoms with Crippen LogP contribution in [0.4, 0.5) is 0 Å². The van der Waals surface area contributed by atoms with Gasteiger partial charge in [-0.2, -0.15) is 0 Å². The molecular weight excluding hydrogens is 168 g/mol. The highest BCUT2D eigenvalue weighted by molar-refractivity contribution is 5.67. The van der Waals surface area contributed by atoms with Crippen molar-refractivity contribution in [2.75, 3.05) is 0 Å². The zero-order chi connectivity index (χ0) is 10.4. The minimum absolute atomic E-state index is 0.0256. The Labute approximate surface area is 79.1 Å². The van der Waals surface area contributed by atoms with E-state index in [9.17, 15) is 9.90 Å². The summed E-state index contributed by atoms with van der Waals surface area (Å²) in [5.41, 5.74) is 1.14. The number of aliphatic carboxylic acids is 1. The Morgan fingerprint density at radius 1 is 1.46 bits per heavy atom. The van der Waals surface area contributed by atoms with E-state index in [1.807, 2.05) is 19.9 Å². The number of rotatable bonds is 5. The predicted octanol–water partition coefficient (Wildman–Crippen LogP) is 1.81. The highest BCUT2D eigenvalue weighted by Gasteiger charge is 2.15. The maximum Gasteiger partial charge on any atom is 0.303 e. The van der Waals surface area contributed by atoms with Crippen LogP contribution in [0.2, 0.25) is 0 Å². The molecule has 0 bridgehead atoms. The standard InChI is InChI=1S/C10H18O3/c1-7(2)4-5-9(11)8(3)6-10(12)13/h4,8-9,11H,5-6H2,1-3H3,(H,12,13)/t8-,9+/m0/s1. The summed E-state index contributed by atoms with van der Waals surface area (Å²) in [6.45, 7) is 5.65. The molecular formula is C10H18O3. The predicted molar refractivity (Wildman–Crippen MR) is 51.5 cm³/mol. The third kappa shape index (κ3) is 6.34. The van der Waals surface area contributed by atoms with Crippen molar-refractivity contribution in [1.29, 1.82) is 0 Å². The van der Waals surface area contributed by atoms with Gasteiger partial charge in [-0.1, -0.05) is 18.6 Å². The van der Waals surface area contributed by atoms with Crippen molar-refractivity contribution in [2.24, 2.45) is 5.92 Å². The van der Waals surface area contributed by atoms with Gasteiger partial charge in [0.05, 0.1) is 12.5 Å². The third-order valence-electron chi connectivity index (χ3n) is 1.92. The Morgan fingerprint density at radius 2 is 2.00 bits per heavy atom. The highest BCUT2D eigenvalue weighted by Crippen LogP contribution is 2.12. The summed E-state index contributed by atoms with van der Waals surface area (Å²) >= 11 is 0. The van der Waals surface area contributed by atoms with Gasteiger partial charge in [0, 0.05) is 0 Å². The molecule has 0 aromatic carbocycles. The lowest BCUT2D eigenvalue weighted by Crippen LogP contribution is -2.19. The number of carbonyl (C=O) groups is 1. The Morgan fingerprint density at radius 3 is 2.38 bits per heavy atom. The average Bonchev–Trinajstić information content (AvgIpc) is 1.98. The van der Waals surface area contributed by atoms with E-state index in [4.69, 9.17) is 5.11 Å². The van der Waals surface area contributed by atoms with Crippen molar-refractivity contribution < 1.29 is 15.0 Å². The van der Waals surface area contributed by atoms with Gasteiger partial charge >= 0.3 is 5.97 Å². The van der Waals surface area contributed by atoms with Crippen LogP contribution in [0.1, 0.15) is 33.6 Å². The Hall–Kier alpha value is -0.830. The minimum Gasteiger partial charge on any atom is -0.481 e. The molecule has 0 aliphatic heterocycles. The van der Waals surface area contributed by atoms with Gasteiger partial charge in [0.25, 0.3) is 0 Å². The summed E-state index contributed by atoms with van der Waals surface area (Å²) in [5.74, 6) is -1.04. The lowest BCUT2D eigenvalue weighted by molar-refractivity contribution is -0.138. The van der Waals surface area contributed by atoms with Gasteiger partial charge in [0.15, 0.2) is 0 Å². The molecule has 0 saturated carbocycles. The van der Waals surface area contributed by atoms with Crippen LogP contribution in [-0.4, -0.2) is 22.3 Å². The molecule has 2 atom stereocenters. The molecule has 0 radical (unpaired) electrons. The number of allylic oxidation sites excluding steroid dienone is 1.